The molecule has 0 fully saturated rings. The molecule has 0 heterocycles. The number of halogens is 3. The number of methoxy groups -OCH3 is 1. The number of hydrogen-bond acceptors (Lipinski definition) is 3. The van der Waals surface area contributed by atoms with E-state index in [2.05, 4.69) is 0 Å². The molecule has 1 aromatic carbocycles. The van der Waals surface area contributed by atoms with Gasteiger partial charge in [-0.25, -0.2) is 0 Å². The van der Waals surface area contributed by atoms with Gasteiger partial charge in [-0.2, -0.15) is 18.4 Å². The zero-order valence-electron chi connectivity index (χ0n) is 12.3. The molecule has 1 aromatic rings. The summed E-state index contributed by atoms with van der Waals surface area (Å²) in [6, 6.07) is 8.35. The Balaban J connectivity index is 3.04. The van der Waals surface area contributed by atoms with Crippen LogP contribution in [-0.4, -0.2) is 19.2 Å². The Hall–Kier alpha value is -2.23. The number of alkyl halides is 3. The van der Waals surface area contributed by atoms with Crippen molar-refractivity contribution in [3.63, 3.8) is 0 Å². The lowest BCUT2D eigenvalue weighted by atomic mass is 9.86. The zero-order valence-corrected chi connectivity index (χ0v) is 12.3. The summed E-state index contributed by atoms with van der Waals surface area (Å²) >= 11 is 0. The van der Waals surface area contributed by atoms with Crippen LogP contribution in [0.1, 0.15) is 31.7 Å². The zero-order chi connectivity index (χ0) is 16.8. The number of nitriles is 1. The summed E-state index contributed by atoms with van der Waals surface area (Å²) in [5.41, 5.74) is -0.695. The van der Waals surface area contributed by atoms with Crippen molar-refractivity contribution in [2.24, 2.45) is 0 Å². The van der Waals surface area contributed by atoms with Gasteiger partial charge in [-0.15, -0.1) is 0 Å². The van der Waals surface area contributed by atoms with Crippen LogP contribution in [0.2, 0.25) is 0 Å². The highest BCUT2D eigenvalue weighted by atomic mass is 19.4. The van der Waals surface area contributed by atoms with E-state index in [1.165, 1.54) is 14.0 Å². The van der Waals surface area contributed by atoms with Crippen LogP contribution in [0.15, 0.2) is 24.3 Å². The molecule has 0 radical (unpaired) electrons. The molecule has 1 unspecified atom stereocenters. The van der Waals surface area contributed by atoms with Crippen molar-refractivity contribution in [1.82, 2.24) is 5.32 Å². The summed E-state index contributed by atoms with van der Waals surface area (Å²) in [5.74, 6) is -1.44. The first-order chi connectivity index (χ1) is 10.2. The quantitative estimate of drug-likeness (QED) is 0.820. The second-order valence-electron chi connectivity index (χ2n) is 5.02. The molecule has 0 aliphatic heterocycles. The van der Waals surface area contributed by atoms with Crippen LogP contribution in [0.4, 0.5) is 13.2 Å². The summed E-state index contributed by atoms with van der Waals surface area (Å²) in [6.07, 6.45) is -4.16. The summed E-state index contributed by atoms with van der Waals surface area (Å²) in [5, 5.41) is 10.6. The number of nitrogens with one attached hydrogen (secondary N) is 1. The van der Waals surface area contributed by atoms with E-state index in [4.69, 9.17) is 10.00 Å². The van der Waals surface area contributed by atoms with Gasteiger partial charge in [-0.1, -0.05) is 12.1 Å². The maximum atomic E-state index is 12.5. The van der Waals surface area contributed by atoms with Gasteiger partial charge in [0.2, 0.25) is 0 Å². The predicted molar refractivity (Wildman–Crippen MR) is 74.0 cm³/mol. The Bertz CT molecular complexity index is 549. The molecule has 1 N–H and O–H groups in total. The SMILES string of the molecule is COc1ccc(C(C)(CCCC#N)NC(=O)C(F)(F)F)cc1. The minimum absolute atomic E-state index is 0.202. The van der Waals surface area contributed by atoms with Crippen LogP contribution in [0, 0.1) is 11.3 Å². The van der Waals surface area contributed by atoms with Crippen molar-refractivity contribution in [1.29, 1.82) is 5.26 Å². The first-order valence-corrected chi connectivity index (χ1v) is 6.64. The van der Waals surface area contributed by atoms with E-state index in [1.54, 1.807) is 24.3 Å². The van der Waals surface area contributed by atoms with E-state index in [0.717, 1.165) is 0 Å². The molecule has 0 aliphatic rings. The molecule has 1 rings (SSSR count). The van der Waals surface area contributed by atoms with Gasteiger partial charge in [0, 0.05) is 6.42 Å². The number of unbranched alkanes of at least 4 members (excludes halogenated alkanes) is 1. The van der Waals surface area contributed by atoms with Crippen molar-refractivity contribution in [3.8, 4) is 11.8 Å². The predicted octanol–water partition coefficient (Wildman–Crippen LogP) is 3.28. The second kappa shape index (κ2) is 7.16. The maximum absolute atomic E-state index is 12.5. The van der Waals surface area contributed by atoms with Crippen LogP contribution in [0.5, 0.6) is 5.75 Å². The lowest BCUT2D eigenvalue weighted by Crippen LogP contribution is -2.49. The Morgan fingerprint density at radius 2 is 1.91 bits per heavy atom. The first-order valence-electron chi connectivity index (χ1n) is 6.64. The van der Waals surface area contributed by atoms with Crippen molar-refractivity contribution >= 4 is 5.91 Å². The standard InChI is InChI=1S/C15H17F3N2O2/c1-14(9-3-4-10-19,20-13(21)15(16,17)18)11-5-7-12(22-2)8-6-11/h5-8H,3-4,9H2,1-2H3,(H,20,21). The van der Waals surface area contributed by atoms with E-state index in [-0.39, 0.29) is 12.8 Å². The molecule has 120 valence electrons. The van der Waals surface area contributed by atoms with Crippen LogP contribution in [0.25, 0.3) is 0 Å². The normalized spacial score (nSPS) is 13.8. The van der Waals surface area contributed by atoms with Crippen LogP contribution < -0.4 is 10.1 Å². The molecular weight excluding hydrogens is 297 g/mol. The van der Waals surface area contributed by atoms with Crippen molar-refractivity contribution in [2.45, 2.75) is 37.9 Å². The van der Waals surface area contributed by atoms with Gasteiger partial charge in [0.25, 0.3) is 0 Å². The molecule has 1 atom stereocenters. The van der Waals surface area contributed by atoms with Gasteiger partial charge in [0.05, 0.1) is 18.7 Å². The van der Waals surface area contributed by atoms with Gasteiger partial charge < -0.3 is 10.1 Å². The average molecular weight is 314 g/mol. The number of ether oxygens (including phenoxy) is 1. The fraction of sp³-hybridized carbons (Fsp3) is 0.467. The molecule has 0 saturated carbocycles. The van der Waals surface area contributed by atoms with Crippen molar-refractivity contribution in [3.05, 3.63) is 29.8 Å². The van der Waals surface area contributed by atoms with Crippen molar-refractivity contribution < 1.29 is 22.7 Å². The Labute approximate surface area is 126 Å². The third-order valence-electron chi connectivity index (χ3n) is 3.34. The van der Waals surface area contributed by atoms with Gasteiger partial charge in [-0.3, -0.25) is 4.79 Å². The van der Waals surface area contributed by atoms with Gasteiger partial charge in [0.15, 0.2) is 0 Å². The minimum Gasteiger partial charge on any atom is -0.497 e. The molecule has 0 aliphatic carbocycles. The number of benzene rings is 1. The van der Waals surface area contributed by atoms with E-state index >= 15 is 0 Å². The first kappa shape index (κ1) is 17.8. The van der Waals surface area contributed by atoms with E-state index in [0.29, 0.717) is 17.7 Å². The van der Waals surface area contributed by atoms with E-state index in [1.807, 2.05) is 11.4 Å². The summed E-state index contributed by atoms with van der Waals surface area (Å²) < 4.78 is 42.6. The number of rotatable bonds is 6. The van der Waals surface area contributed by atoms with Gasteiger partial charge in [-0.05, 0) is 37.5 Å². The average Bonchev–Trinajstić information content (AvgIpc) is 2.46. The molecule has 7 heteroatoms. The van der Waals surface area contributed by atoms with Crippen LogP contribution in [0.3, 0.4) is 0 Å². The van der Waals surface area contributed by atoms with Crippen molar-refractivity contribution in [2.75, 3.05) is 7.11 Å². The number of hydrogen-bond donors (Lipinski definition) is 1. The van der Waals surface area contributed by atoms with Crippen LogP contribution in [-0.2, 0) is 10.3 Å². The Morgan fingerprint density at radius 1 is 1.32 bits per heavy atom. The summed E-state index contributed by atoms with van der Waals surface area (Å²) in [7, 11) is 1.48. The summed E-state index contributed by atoms with van der Waals surface area (Å²) in [6.45, 7) is 1.51. The van der Waals surface area contributed by atoms with E-state index < -0.39 is 17.6 Å². The summed E-state index contributed by atoms with van der Waals surface area (Å²) in [4.78, 5) is 11.3. The Kier molecular flexibility index (Phi) is 5.80. The monoisotopic (exact) mass is 314 g/mol. The largest absolute Gasteiger partial charge is 0.497 e. The molecule has 0 aromatic heterocycles. The van der Waals surface area contributed by atoms with Gasteiger partial charge in [0.1, 0.15) is 5.75 Å². The molecule has 4 nitrogen and oxygen atoms in total. The second-order valence-corrected chi connectivity index (χ2v) is 5.02. The highest BCUT2D eigenvalue weighted by Gasteiger charge is 2.42. The molecule has 0 saturated heterocycles. The molecule has 22 heavy (non-hydrogen) atoms. The fourth-order valence-corrected chi connectivity index (χ4v) is 2.08. The lowest BCUT2D eigenvalue weighted by molar-refractivity contribution is -0.175. The lowest BCUT2D eigenvalue weighted by Gasteiger charge is -2.32. The van der Waals surface area contributed by atoms with Crippen LogP contribution >= 0.6 is 0 Å². The number of nitrogens with zero attached hydrogens (tertiary/aromatic N) is 1. The molecule has 1 amide bonds. The third-order valence-corrected chi connectivity index (χ3v) is 3.34. The highest BCUT2D eigenvalue weighted by Crippen LogP contribution is 2.30. The number of carbonyl (C=O) groups is 1. The topological polar surface area (TPSA) is 62.1 Å². The van der Waals surface area contributed by atoms with Gasteiger partial charge >= 0.3 is 12.1 Å². The molecule has 0 bridgehead atoms. The Morgan fingerprint density at radius 3 is 2.36 bits per heavy atom. The third kappa shape index (κ3) is 4.65. The van der Waals surface area contributed by atoms with E-state index in [9.17, 15) is 18.0 Å². The smallest absolute Gasteiger partial charge is 0.471 e. The fourth-order valence-electron chi connectivity index (χ4n) is 2.08. The molecule has 0 spiro atoms. The maximum Gasteiger partial charge on any atom is 0.471 e. The minimum atomic E-state index is -4.96. The number of carbonyl (C=O) groups excluding carboxylic acids is 1. The highest BCUT2D eigenvalue weighted by molar-refractivity contribution is 5.82. The molecular formula is C15H17F3N2O2. The number of amides is 1.